The molecule has 0 bridgehead atoms. The minimum Gasteiger partial charge on any atom is -0.371 e. The highest BCUT2D eigenvalue weighted by molar-refractivity contribution is 7.92. The average molecular weight is 836 g/mol. The first-order valence-corrected chi connectivity index (χ1v) is 20.0. The summed E-state index contributed by atoms with van der Waals surface area (Å²) in [6.07, 6.45) is 0.390. The maximum Gasteiger partial charge on any atom is 0.421 e. The Labute approximate surface area is 334 Å². The number of rotatable bonds is 11. The molecule has 59 heavy (non-hydrogen) atoms. The van der Waals surface area contributed by atoms with Crippen LogP contribution in [0.15, 0.2) is 61.1 Å². The molecule has 3 aliphatic heterocycles. The number of imide groups is 2. The molecule has 5 amide bonds. The number of benzene rings is 2. The van der Waals surface area contributed by atoms with E-state index in [-0.39, 0.29) is 59.6 Å². The van der Waals surface area contributed by atoms with Crippen molar-refractivity contribution < 1.29 is 45.6 Å². The van der Waals surface area contributed by atoms with Gasteiger partial charge in [0.05, 0.1) is 23.9 Å². The molecular weight excluding hydrogens is 800 g/mol. The van der Waals surface area contributed by atoms with E-state index >= 15 is 0 Å². The van der Waals surface area contributed by atoms with Crippen molar-refractivity contribution in [1.82, 2.24) is 35.5 Å². The van der Waals surface area contributed by atoms with Gasteiger partial charge in [-0.1, -0.05) is 6.07 Å². The summed E-state index contributed by atoms with van der Waals surface area (Å²) in [6.45, 7) is 0.660. The van der Waals surface area contributed by atoms with E-state index in [1.807, 2.05) is 4.90 Å². The molecule has 3 aliphatic rings. The predicted octanol–water partition coefficient (Wildman–Crippen LogP) is 2.84. The first-order valence-electron chi connectivity index (χ1n) is 18.2. The summed E-state index contributed by atoms with van der Waals surface area (Å²) in [5.74, 6) is -3.64. The summed E-state index contributed by atoms with van der Waals surface area (Å²) in [4.78, 5) is 82.6. The number of sulfonamides is 1. The summed E-state index contributed by atoms with van der Waals surface area (Å²) in [5, 5.41) is 10.6. The summed E-state index contributed by atoms with van der Waals surface area (Å²) in [5.41, 5.74) is 0.480. The normalized spacial score (nSPS) is 17.4. The van der Waals surface area contributed by atoms with E-state index in [0.717, 1.165) is 15.5 Å². The van der Waals surface area contributed by atoms with Gasteiger partial charge in [0.25, 0.3) is 17.7 Å². The van der Waals surface area contributed by atoms with Crippen LogP contribution in [0.25, 0.3) is 0 Å². The van der Waals surface area contributed by atoms with Gasteiger partial charge in [0.1, 0.15) is 23.1 Å². The molecule has 4 aromatic rings. The number of nitrogens with zero attached hydrogens (tertiary/aromatic N) is 7. The van der Waals surface area contributed by atoms with Crippen LogP contribution >= 0.6 is 0 Å². The molecule has 1 unspecified atom stereocenters. The zero-order valence-corrected chi connectivity index (χ0v) is 32.2. The van der Waals surface area contributed by atoms with Crippen LogP contribution in [0.1, 0.15) is 68.0 Å². The van der Waals surface area contributed by atoms with Gasteiger partial charge in [-0.2, -0.15) is 18.2 Å². The van der Waals surface area contributed by atoms with E-state index in [1.165, 1.54) is 25.5 Å². The van der Waals surface area contributed by atoms with Gasteiger partial charge in [-0.05, 0) is 55.7 Å². The van der Waals surface area contributed by atoms with Gasteiger partial charge >= 0.3 is 6.18 Å². The van der Waals surface area contributed by atoms with Crippen LogP contribution < -0.4 is 30.5 Å². The Morgan fingerprint density at radius 2 is 1.69 bits per heavy atom. The Bertz CT molecular complexity index is 2480. The molecule has 22 heteroatoms. The van der Waals surface area contributed by atoms with E-state index in [0.29, 0.717) is 43.5 Å². The Morgan fingerprint density at radius 1 is 0.966 bits per heavy atom. The van der Waals surface area contributed by atoms with Gasteiger partial charge in [-0.25, -0.2) is 18.4 Å². The Hall–Kier alpha value is -6.71. The van der Waals surface area contributed by atoms with Crippen LogP contribution in [0.3, 0.4) is 0 Å². The molecule has 1 atom stereocenters. The molecule has 0 aliphatic carbocycles. The second-order valence-corrected chi connectivity index (χ2v) is 16.0. The van der Waals surface area contributed by atoms with Crippen LogP contribution in [-0.4, -0.2) is 101 Å². The van der Waals surface area contributed by atoms with E-state index in [4.69, 9.17) is 0 Å². The molecule has 2 aromatic carbocycles. The molecule has 2 aromatic heterocycles. The first-order chi connectivity index (χ1) is 28.0. The Morgan fingerprint density at radius 3 is 2.41 bits per heavy atom. The molecule has 2 saturated heterocycles. The number of carbonyl (C=O) groups is 5. The van der Waals surface area contributed by atoms with Crippen molar-refractivity contribution in [3.63, 3.8) is 0 Å². The third-order valence-electron chi connectivity index (χ3n) is 10.1. The van der Waals surface area contributed by atoms with E-state index in [9.17, 15) is 45.6 Å². The number of fused-ring (bicyclic) bond motifs is 1. The lowest BCUT2D eigenvalue weighted by Crippen LogP contribution is -2.54. The molecule has 0 radical (unpaired) electrons. The molecular formula is C37H36F3N11O7S. The zero-order valence-electron chi connectivity index (χ0n) is 31.4. The summed E-state index contributed by atoms with van der Waals surface area (Å²) in [6, 6.07) is 9.84. The fourth-order valence-corrected chi connectivity index (χ4v) is 7.40. The SMILES string of the molecule is CN(c1nccnc1CNc1nc(Nc2cccc(C(=O)NC3CCN(c4ccc5c(c4)C(=O)N(C4CCC(=O)NC4=O)C5=O)CC3)c2)ncc1C(F)(F)F)S(C)(=O)=O. The minimum absolute atomic E-state index is 0.0190. The second kappa shape index (κ2) is 15.9. The third kappa shape index (κ3) is 8.61. The van der Waals surface area contributed by atoms with Crippen LogP contribution in [-0.2, 0) is 32.3 Å². The van der Waals surface area contributed by atoms with Crippen molar-refractivity contribution in [2.24, 2.45) is 0 Å². The number of hydrogen-bond acceptors (Lipinski definition) is 14. The Kier molecular flexibility index (Phi) is 10.9. The average Bonchev–Trinajstić information content (AvgIpc) is 3.44. The molecule has 2 fully saturated rings. The van der Waals surface area contributed by atoms with Crippen LogP contribution in [0, 0.1) is 0 Å². The number of amides is 5. The van der Waals surface area contributed by atoms with E-state index in [2.05, 4.69) is 41.2 Å². The topological polar surface area (TPSA) is 229 Å². The summed E-state index contributed by atoms with van der Waals surface area (Å²) >= 11 is 0. The largest absolute Gasteiger partial charge is 0.421 e. The van der Waals surface area contributed by atoms with Gasteiger partial charge in [-0.15, -0.1) is 0 Å². The molecule has 308 valence electrons. The second-order valence-electron chi connectivity index (χ2n) is 14.0. The van der Waals surface area contributed by atoms with Crippen LogP contribution in [0.2, 0.25) is 0 Å². The molecule has 0 saturated carbocycles. The van der Waals surface area contributed by atoms with E-state index < -0.39 is 63.2 Å². The number of aromatic nitrogens is 4. The molecule has 5 heterocycles. The summed E-state index contributed by atoms with van der Waals surface area (Å²) in [7, 11) is -2.51. The van der Waals surface area contributed by atoms with E-state index in [1.54, 1.807) is 36.4 Å². The monoisotopic (exact) mass is 835 g/mol. The molecule has 18 nitrogen and oxygen atoms in total. The van der Waals surface area contributed by atoms with Crippen molar-refractivity contribution in [1.29, 1.82) is 0 Å². The highest BCUT2D eigenvalue weighted by Gasteiger charge is 2.45. The van der Waals surface area contributed by atoms with Crippen molar-refractivity contribution in [2.75, 3.05) is 46.2 Å². The standard InChI is InChI=1S/C37H36F3N11O7S/c1-49(59(2,57)58)31-27(41-12-13-42-31)19-43-30-26(37(38,39)40)18-44-36(48-30)46-22-5-3-4-20(16-22)32(53)45-21-10-14-50(15-11-21)23-6-7-24-25(17-23)35(56)51(34(24)55)28-8-9-29(52)47-33(28)54/h3-7,12-13,16-18,21,28H,8-11,14-15,19H2,1-2H3,(H,45,53)(H,47,52,54)(H2,43,44,46,48). The maximum absolute atomic E-state index is 14.0. The number of nitrogens with one attached hydrogen (secondary N) is 4. The smallest absolute Gasteiger partial charge is 0.371 e. The fraction of sp³-hybridized carbons (Fsp3) is 0.324. The number of anilines is 5. The first kappa shape index (κ1) is 40.5. The van der Waals surface area contributed by atoms with Gasteiger partial charge in [0.15, 0.2) is 5.82 Å². The van der Waals surface area contributed by atoms with Crippen LogP contribution in [0.4, 0.5) is 42.1 Å². The van der Waals surface area contributed by atoms with Crippen molar-refractivity contribution >= 4 is 68.5 Å². The lowest BCUT2D eigenvalue weighted by Gasteiger charge is -2.34. The van der Waals surface area contributed by atoms with Crippen LogP contribution in [0.5, 0.6) is 0 Å². The maximum atomic E-state index is 14.0. The third-order valence-corrected chi connectivity index (χ3v) is 11.2. The highest BCUT2D eigenvalue weighted by Crippen LogP contribution is 2.35. The number of carbonyl (C=O) groups excluding carboxylic acids is 5. The number of hydrogen-bond donors (Lipinski definition) is 4. The summed E-state index contributed by atoms with van der Waals surface area (Å²) < 4.78 is 66.9. The predicted molar refractivity (Wildman–Crippen MR) is 205 cm³/mol. The van der Waals surface area contributed by atoms with Crippen molar-refractivity contribution in [2.45, 2.75) is 50.5 Å². The van der Waals surface area contributed by atoms with Gasteiger partial charge in [-0.3, -0.25) is 43.5 Å². The lowest BCUT2D eigenvalue weighted by atomic mass is 10.0. The quantitative estimate of drug-likeness (QED) is 0.159. The number of halogens is 3. The van der Waals surface area contributed by atoms with Gasteiger partial charge in [0.2, 0.25) is 27.8 Å². The molecule has 4 N–H and O–H groups in total. The molecule has 0 spiro atoms. The van der Waals surface area contributed by atoms with Crippen molar-refractivity contribution in [3.05, 3.63) is 89.0 Å². The highest BCUT2D eigenvalue weighted by atomic mass is 32.2. The fourth-order valence-electron chi connectivity index (χ4n) is 6.93. The minimum atomic E-state index is -4.84. The lowest BCUT2D eigenvalue weighted by molar-refractivity contribution is -0.138. The van der Waals surface area contributed by atoms with Crippen molar-refractivity contribution in [3.8, 4) is 0 Å². The zero-order chi connectivity index (χ0) is 42.2. The van der Waals surface area contributed by atoms with Gasteiger partial charge < -0.3 is 20.9 Å². The number of piperidine rings is 2. The Balaban J connectivity index is 0.974. The molecule has 7 rings (SSSR count). The number of alkyl halides is 3. The van der Waals surface area contributed by atoms with Gasteiger partial charge in [0, 0.05) is 68.1 Å².